The second-order valence-corrected chi connectivity index (χ2v) is 6.49. The van der Waals surface area contributed by atoms with Gasteiger partial charge in [-0.3, -0.25) is 9.59 Å². The lowest BCUT2D eigenvalue weighted by atomic mass is 10.1. The molecule has 3 aromatic heterocycles. The number of benzene rings is 1. The SMILES string of the molecule is Cn1c(NC(=O)c2ccco2)c(-c2cccs2)c(=O)c2ccccc21. The molecule has 0 aliphatic carbocycles. The maximum absolute atomic E-state index is 13.1. The van der Waals surface area contributed by atoms with E-state index < -0.39 is 5.91 Å². The number of hydrogen-bond acceptors (Lipinski definition) is 4. The van der Waals surface area contributed by atoms with Crippen molar-refractivity contribution >= 4 is 34.0 Å². The van der Waals surface area contributed by atoms with E-state index in [9.17, 15) is 9.59 Å². The first kappa shape index (κ1) is 15.4. The Balaban J connectivity index is 1.98. The van der Waals surface area contributed by atoms with Gasteiger partial charge in [-0.15, -0.1) is 11.3 Å². The summed E-state index contributed by atoms with van der Waals surface area (Å²) >= 11 is 1.46. The molecule has 1 amide bonds. The zero-order valence-corrected chi connectivity index (χ0v) is 14.2. The summed E-state index contributed by atoms with van der Waals surface area (Å²) in [6.45, 7) is 0. The Morgan fingerprint density at radius 2 is 1.96 bits per heavy atom. The van der Waals surface area contributed by atoms with Crippen LogP contribution in [-0.4, -0.2) is 10.5 Å². The molecule has 0 bridgehead atoms. The Morgan fingerprint density at radius 1 is 1.12 bits per heavy atom. The molecular weight excluding hydrogens is 336 g/mol. The summed E-state index contributed by atoms with van der Waals surface area (Å²) in [6.07, 6.45) is 1.44. The molecule has 4 rings (SSSR count). The number of rotatable bonds is 3. The van der Waals surface area contributed by atoms with E-state index >= 15 is 0 Å². The highest BCUT2D eigenvalue weighted by Crippen LogP contribution is 2.31. The van der Waals surface area contributed by atoms with E-state index in [4.69, 9.17) is 4.42 Å². The maximum Gasteiger partial charge on any atom is 0.292 e. The number of furan rings is 1. The largest absolute Gasteiger partial charge is 0.459 e. The summed E-state index contributed by atoms with van der Waals surface area (Å²) in [5, 5.41) is 5.36. The number of nitrogens with zero attached hydrogens (tertiary/aromatic N) is 1. The first-order valence-electron chi connectivity index (χ1n) is 7.67. The molecule has 3 heterocycles. The van der Waals surface area contributed by atoms with E-state index in [0.29, 0.717) is 16.8 Å². The van der Waals surface area contributed by atoms with Crippen molar-refractivity contribution in [3.05, 3.63) is 76.2 Å². The highest BCUT2D eigenvalue weighted by molar-refractivity contribution is 7.13. The number of thiophene rings is 1. The van der Waals surface area contributed by atoms with Crippen molar-refractivity contribution in [2.75, 3.05) is 5.32 Å². The Morgan fingerprint density at radius 3 is 2.68 bits per heavy atom. The van der Waals surface area contributed by atoms with E-state index in [-0.39, 0.29) is 11.2 Å². The van der Waals surface area contributed by atoms with Gasteiger partial charge < -0.3 is 14.3 Å². The monoisotopic (exact) mass is 350 g/mol. The van der Waals surface area contributed by atoms with Gasteiger partial charge in [0.1, 0.15) is 5.82 Å². The fraction of sp³-hybridized carbons (Fsp3) is 0.0526. The summed E-state index contributed by atoms with van der Waals surface area (Å²) in [7, 11) is 1.83. The van der Waals surface area contributed by atoms with Crippen LogP contribution in [0.1, 0.15) is 10.6 Å². The molecule has 0 fully saturated rings. The van der Waals surface area contributed by atoms with Gasteiger partial charge in [-0.05, 0) is 35.7 Å². The van der Waals surface area contributed by atoms with Crippen LogP contribution in [0.5, 0.6) is 0 Å². The van der Waals surface area contributed by atoms with Gasteiger partial charge in [0.15, 0.2) is 11.2 Å². The molecule has 0 spiro atoms. The maximum atomic E-state index is 13.1. The van der Waals surface area contributed by atoms with Crippen LogP contribution in [0.4, 0.5) is 5.82 Å². The second-order valence-electron chi connectivity index (χ2n) is 5.54. The predicted molar refractivity (Wildman–Crippen MR) is 99.2 cm³/mol. The molecule has 25 heavy (non-hydrogen) atoms. The smallest absolute Gasteiger partial charge is 0.292 e. The number of carbonyl (C=O) groups excluding carboxylic acids is 1. The Hall–Kier alpha value is -3.12. The molecule has 1 aromatic carbocycles. The highest BCUT2D eigenvalue weighted by Gasteiger charge is 2.20. The number of aromatic nitrogens is 1. The minimum Gasteiger partial charge on any atom is -0.459 e. The third-order valence-electron chi connectivity index (χ3n) is 4.05. The summed E-state index contributed by atoms with van der Waals surface area (Å²) in [6, 6.07) is 14.3. The molecule has 5 nitrogen and oxygen atoms in total. The van der Waals surface area contributed by atoms with Crippen molar-refractivity contribution in [3.63, 3.8) is 0 Å². The predicted octanol–water partition coefficient (Wildman–Crippen LogP) is 4.11. The number of amides is 1. The van der Waals surface area contributed by atoms with E-state index in [0.717, 1.165) is 10.4 Å². The standard InChI is InChI=1S/C19H14N2O3S/c1-21-13-7-3-2-6-12(13)17(22)16(15-9-5-11-25-15)18(21)20-19(23)14-8-4-10-24-14/h2-11H,1H3,(H,20,23). The summed E-state index contributed by atoms with van der Waals surface area (Å²) in [5.41, 5.74) is 1.13. The Bertz CT molecular complexity index is 1110. The number of pyridine rings is 1. The third-order valence-corrected chi connectivity index (χ3v) is 4.94. The Kier molecular flexibility index (Phi) is 3.74. The first-order valence-corrected chi connectivity index (χ1v) is 8.55. The molecule has 0 saturated carbocycles. The van der Waals surface area contributed by atoms with Crippen molar-refractivity contribution in [3.8, 4) is 10.4 Å². The highest BCUT2D eigenvalue weighted by atomic mass is 32.1. The van der Waals surface area contributed by atoms with Crippen LogP contribution in [0.25, 0.3) is 21.3 Å². The fourth-order valence-corrected chi connectivity index (χ4v) is 3.63. The van der Waals surface area contributed by atoms with Gasteiger partial charge >= 0.3 is 0 Å². The number of aryl methyl sites for hydroxylation is 1. The summed E-state index contributed by atoms with van der Waals surface area (Å²) in [4.78, 5) is 26.4. The molecule has 4 aromatic rings. The number of fused-ring (bicyclic) bond motifs is 1. The van der Waals surface area contributed by atoms with E-state index in [1.54, 1.807) is 18.2 Å². The molecule has 0 atom stereocenters. The molecule has 0 unspecified atom stereocenters. The quantitative estimate of drug-likeness (QED) is 0.605. The molecule has 1 N–H and O–H groups in total. The van der Waals surface area contributed by atoms with Crippen LogP contribution < -0.4 is 10.7 Å². The average Bonchev–Trinajstić information content (AvgIpc) is 3.33. The zero-order valence-electron chi connectivity index (χ0n) is 13.4. The van der Waals surface area contributed by atoms with Crippen LogP contribution in [0.2, 0.25) is 0 Å². The topological polar surface area (TPSA) is 64.2 Å². The molecule has 124 valence electrons. The van der Waals surface area contributed by atoms with Crippen molar-refractivity contribution in [1.29, 1.82) is 0 Å². The van der Waals surface area contributed by atoms with E-state index in [1.807, 2.05) is 47.3 Å². The lowest BCUT2D eigenvalue weighted by molar-refractivity contribution is 0.0996. The molecular formula is C19H14N2O3S. The van der Waals surface area contributed by atoms with E-state index in [2.05, 4.69) is 5.32 Å². The zero-order chi connectivity index (χ0) is 17.4. The minimum atomic E-state index is -0.395. The van der Waals surface area contributed by atoms with Gasteiger partial charge in [0, 0.05) is 17.3 Å². The lowest BCUT2D eigenvalue weighted by Gasteiger charge is -2.17. The molecule has 0 radical (unpaired) electrons. The summed E-state index contributed by atoms with van der Waals surface area (Å²) in [5.74, 6) is 0.248. The van der Waals surface area contributed by atoms with Crippen LogP contribution in [0.3, 0.4) is 0 Å². The lowest BCUT2D eigenvalue weighted by Crippen LogP contribution is -2.20. The van der Waals surface area contributed by atoms with Crippen molar-refractivity contribution in [2.24, 2.45) is 7.05 Å². The molecule has 0 saturated heterocycles. The third kappa shape index (κ3) is 2.56. The van der Waals surface area contributed by atoms with Crippen molar-refractivity contribution in [2.45, 2.75) is 0 Å². The van der Waals surface area contributed by atoms with Gasteiger partial charge in [0.25, 0.3) is 5.91 Å². The van der Waals surface area contributed by atoms with Crippen LogP contribution in [0.15, 0.2) is 69.4 Å². The van der Waals surface area contributed by atoms with Crippen molar-refractivity contribution < 1.29 is 9.21 Å². The number of nitrogens with one attached hydrogen (secondary N) is 1. The van der Waals surface area contributed by atoms with Crippen LogP contribution in [-0.2, 0) is 7.05 Å². The van der Waals surface area contributed by atoms with Crippen LogP contribution >= 0.6 is 11.3 Å². The molecule has 0 aliphatic rings. The molecule has 6 heteroatoms. The fourth-order valence-electron chi connectivity index (χ4n) is 2.86. The van der Waals surface area contributed by atoms with Crippen molar-refractivity contribution in [1.82, 2.24) is 4.57 Å². The van der Waals surface area contributed by atoms with Crippen LogP contribution in [0, 0.1) is 0 Å². The average molecular weight is 350 g/mol. The van der Waals surface area contributed by atoms with Gasteiger partial charge in [-0.1, -0.05) is 18.2 Å². The van der Waals surface area contributed by atoms with Gasteiger partial charge in [-0.2, -0.15) is 0 Å². The second kappa shape index (κ2) is 6.07. The number of para-hydroxylation sites is 1. The number of anilines is 1. The Labute approximate surface area is 147 Å². The minimum absolute atomic E-state index is 0.106. The summed E-state index contributed by atoms with van der Waals surface area (Å²) < 4.78 is 6.98. The van der Waals surface area contributed by atoms with E-state index in [1.165, 1.54) is 17.6 Å². The number of hydrogen-bond donors (Lipinski definition) is 1. The normalized spacial score (nSPS) is 10.9. The molecule has 0 aliphatic heterocycles. The van der Waals surface area contributed by atoms with Gasteiger partial charge in [-0.25, -0.2) is 0 Å². The first-order chi connectivity index (χ1) is 12.2. The van der Waals surface area contributed by atoms with Gasteiger partial charge in [0.05, 0.1) is 17.3 Å². The number of carbonyl (C=O) groups is 1. The van der Waals surface area contributed by atoms with Gasteiger partial charge in [0.2, 0.25) is 0 Å².